The van der Waals surface area contributed by atoms with Crippen LogP contribution >= 0.6 is 0 Å². The summed E-state index contributed by atoms with van der Waals surface area (Å²) in [5, 5.41) is 4.26. The minimum atomic E-state index is -0.150. The van der Waals surface area contributed by atoms with Crippen LogP contribution < -0.4 is 5.32 Å². The van der Waals surface area contributed by atoms with Crippen molar-refractivity contribution in [2.24, 2.45) is 0 Å². The summed E-state index contributed by atoms with van der Waals surface area (Å²) in [4.78, 5) is 18.6. The van der Waals surface area contributed by atoms with Crippen LogP contribution in [0.25, 0.3) is 10.9 Å². The molecule has 3 heterocycles. The van der Waals surface area contributed by atoms with Crippen molar-refractivity contribution in [3.63, 3.8) is 0 Å². The van der Waals surface area contributed by atoms with Gasteiger partial charge in [0, 0.05) is 23.1 Å². The Labute approximate surface area is 169 Å². The van der Waals surface area contributed by atoms with E-state index in [0.717, 1.165) is 29.0 Å². The van der Waals surface area contributed by atoms with E-state index < -0.39 is 0 Å². The molecular weight excluding hydrogens is 362 g/mol. The average Bonchev–Trinajstić information content (AvgIpc) is 3.39. The lowest BCUT2D eigenvalue weighted by Crippen LogP contribution is -2.45. The highest BCUT2D eigenvalue weighted by Gasteiger charge is 2.34. The van der Waals surface area contributed by atoms with E-state index in [-0.39, 0.29) is 12.1 Å². The topological polar surface area (TPSA) is 61.3 Å². The lowest BCUT2D eigenvalue weighted by molar-refractivity contribution is 0.178. The summed E-state index contributed by atoms with van der Waals surface area (Å²) >= 11 is 0. The minimum Gasteiger partial charge on any atom is -0.467 e. The van der Waals surface area contributed by atoms with Gasteiger partial charge in [-0.3, -0.25) is 0 Å². The summed E-state index contributed by atoms with van der Waals surface area (Å²) in [6.07, 6.45) is 2.45. The summed E-state index contributed by atoms with van der Waals surface area (Å²) in [6, 6.07) is 20.3. The number of aryl methyl sites for hydroxylation is 1. The van der Waals surface area contributed by atoms with E-state index in [1.54, 1.807) is 6.26 Å². The van der Waals surface area contributed by atoms with Crippen LogP contribution in [0, 0.1) is 6.92 Å². The molecule has 5 heteroatoms. The molecule has 0 saturated heterocycles. The third-order valence-corrected chi connectivity index (χ3v) is 5.68. The molecule has 4 aromatic rings. The standard InChI is InChI=1S/C24H23N3O2/c1-16-8-10-17(11-9-16)23-22-20(19-6-2-3-7-21(19)26-22)12-13-27(23)24(28)25-15-18-5-4-14-29-18/h2-11,14,23,26H,12-13,15H2,1H3,(H,25,28)/t23-/m0/s1. The molecule has 0 aliphatic carbocycles. The molecule has 0 unspecified atom stereocenters. The Kier molecular flexibility index (Phi) is 4.35. The van der Waals surface area contributed by atoms with Crippen LogP contribution in [-0.4, -0.2) is 22.5 Å². The number of rotatable bonds is 3. The lowest BCUT2D eigenvalue weighted by atomic mass is 9.92. The van der Waals surface area contributed by atoms with E-state index in [2.05, 4.69) is 59.7 Å². The fourth-order valence-electron chi connectivity index (χ4n) is 4.23. The van der Waals surface area contributed by atoms with E-state index in [9.17, 15) is 4.79 Å². The van der Waals surface area contributed by atoms with Gasteiger partial charge in [-0.25, -0.2) is 4.79 Å². The molecule has 29 heavy (non-hydrogen) atoms. The number of hydrogen-bond donors (Lipinski definition) is 2. The molecule has 2 N–H and O–H groups in total. The summed E-state index contributed by atoms with van der Waals surface area (Å²) in [5.41, 5.74) is 5.84. The van der Waals surface area contributed by atoms with Crippen LogP contribution in [0.15, 0.2) is 71.3 Å². The fourth-order valence-corrected chi connectivity index (χ4v) is 4.23. The Balaban J connectivity index is 1.53. The summed E-state index contributed by atoms with van der Waals surface area (Å²) in [6.45, 7) is 3.12. The number of fused-ring (bicyclic) bond motifs is 3. The summed E-state index contributed by atoms with van der Waals surface area (Å²) < 4.78 is 5.35. The van der Waals surface area contributed by atoms with Crippen LogP contribution in [0.3, 0.4) is 0 Å². The third-order valence-electron chi connectivity index (χ3n) is 5.68. The zero-order chi connectivity index (χ0) is 19.8. The van der Waals surface area contributed by atoms with Gasteiger partial charge in [0.15, 0.2) is 0 Å². The van der Waals surface area contributed by atoms with E-state index in [1.165, 1.54) is 16.5 Å². The molecule has 1 aliphatic rings. The van der Waals surface area contributed by atoms with Crippen molar-refractivity contribution < 1.29 is 9.21 Å². The van der Waals surface area contributed by atoms with E-state index >= 15 is 0 Å². The van der Waals surface area contributed by atoms with Gasteiger partial charge in [0.25, 0.3) is 0 Å². The number of para-hydroxylation sites is 1. The normalized spacial score (nSPS) is 16.0. The highest BCUT2D eigenvalue weighted by Crippen LogP contribution is 2.38. The zero-order valence-corrected chi connectivity index (χ0v) is 16.3. The van der Waals surface area contributed by atoms with Gasteiger partial charge < -0.3 is 19.6 Å². The molecular formula is C24H23N3O2. The van der Waals surface area contributed by atoms with Gasteiger partial charge in [0.1, 0.15) is 5.76 Å². The number of aromatic nitrogens is 1. The molecule has 0 fully saturated rings. The SMILES string of the molecule is Cc1ccc([C@H]2c3[nH]c4ccccc4c3CCN2C(=O)NCc2ccco2)cc1. The Morgan fingerprint density at radius 3 is 2.76 bits per heavy atom. The second-order valence-electron chi connectivity index (χ2n) is 7.56. The van der Waals surface area contributed by atoms with Crippen LogP contribution in [0.5, 0.6) is 0 Å². The quantitative estimate of drug-likeness (QED) is 0.525. The minimum absolute atomic E-state index is 0.0868. The molecule has 5 rings (SSSR count). The first-order chi connectivity index (χ1) is 14.2. The van der Waals surface area contributed by atoms with Gasteiger partial charge in [-0.05, 0) is 42.7 Å². The van der Waals surface area contributed by atoms with Crippen LogP contribution in [0.2, 0.25) is 0 Å². The van der Waals surface area contributed by atoms with Crippen molar-refractivity contribution in [1.29, 1.82) is 0 Å². The van der Waals surface area contributed by atoms with Crippen LogP contribution in [0.1, 0.15) is 34.2 Å². The highest BCUT2D eigenvalue weighted by atomic mass is 16.3. The molecule has 0 radical (unpaired) electrons. The van der Waals surface area contributed by atoms with Crippen molar-refractivity contribution in [2.45, 2.75) is 25.9 Å². The lowest BCUT2D eigenvalue weighted by Gasteiger charge is -2.36. The van der Waals surface area contributed by atoms with Crippen molar-refractivity contribution >= 4 is 16.9 Å². The molecule has 2 amide bonds. The number of carbonyl (C=O) groups is 1. The summed E-state index contributed by atoms with van der Waals surface area (Å²) in [5.74, 6) is 0.744. The van der Waals surface area contributed by atoms with Gasteiger partial charge in [-0.1, -0.05) is 48.0 Å². The second kappa shape index (κ2) is 7.17. The number of aromatic amines is 1. The van der Waals surface area contributed by atoms with Gasteiger partial charge in [-0.15, -0.1) is 0 Å². The Bertz CT molecular complexity index is 1140. The van der Waals surface area contributed by atoms with E-state index in [1.807, 2.05) is 23.1 Å². The molecule has 0 spiro atoms. The molecule has 5 nitrogen and oxygen atoms in total. The van der Waals surface area contributed by atoms with Crippen molar-refractivity contribution in [3.8, 4) is 0 Å². The van der Waals surface area contributed by atoms with Crippen molar-refractivity contribution in [3.05, 3.63) is 95.1 Å². The highest BCUT2D eigenvalue weighted by molar-refractivity contribution is 5.86. The molecule has 146 valence electrons. The maximum atomic E-state index is 13.1. The zero-order valence-electron chi connectivity index (χ0n) is 16.3. The third kappa shape index (κ3) is 3.18. The Morgan fingerprint density at radius 2 is 1.97 bits per heavy atom. The predicted octanol–water partition coefficient (Wildman–Crippen LogP) is 4.93. The number of urea groups is 1. The summed E-state index contributed by atoms with van der Waals surface area (Å²) in [7, 11) is 0. The first-order valence-corrected chi connectivity index (χ1v) is 9.93. The molecule has 2 aromatic carbocycles. The molecule has 0 bridgehead atoms. The fraction of sp³-hybridized carbons (Fsp3) is 0.208. The van der Waals surface area contributed by atoms with Crippen molar-refractivity contribution in [1.82, 2.24) is 15.2 Å². The van der Waals surface area contributed by atoms with Gasteiger partial charge in [0.2, 0.25) is 0 Å². The second-order valence-corrected chi connectivity index (χ2v) is 7.56. The van der Waals surface area contributed by atoms with Gasteiger partial charge >= 0.3 is 6.03 Å². The van der Waals surface area contributed by atoms with Crippen LogP contribution in [0.4, 0.5) is 4.79 Å². The first kappa shape index (κ1) is 17.6. The maximum Gasteiger partial charge on any atom is 0.318 e. The molecule has 0 saturated carbocycles. The monoisotopic (exact) mass is 385 g/mol. The Morgan fingerprint density at radius 1 is 1.14 bits per heavy atom. The number of nitrogens with one attached hydrogen (secondary N) is 2. The largest absolute Gasteiger partial charge is 0.467 e. The average molecular weight is 385 g/mol. The van der Waals surface area contributed by atoms with Gasteiger partial charge in [-0.2, -0.15) is 0 Å². The van der Waals surface area contributed by atoms with Crippen molar-refractivity contribution in [2.75, 3.05) is 6.54 Å². The number of carbonyl (C=O) groups excluding carboxylic acids is 1. The number of H-pyrrole nitrogens is 1. The molecule has 1 atom stereocenters. The smallest absolute Gasteiger partial charge is 0.318 e. The number of amides is 2. The van der Waals surface area contributed by atoms with Crippen LogP contribution in [-0.2, 0) is 13.0 Å². The van der Waals surface area contributed by atoms with E-state index in [4.69, 9.17) is 4.42 Å². The Hall–Kier alpha value is -3.47. The number of hydrogen-bond acceptors (Lipinski definition) is 2. The predicted molar refractivity (Wildman–Crippen MR) is 113 cm³/mol. The molecule has 1 aliphatic heterocycles. The van der Waals surface area contributed by atoms with Gasteiger partial charge in [0.05, 0.1) is 18.8 Å². The molecule has 2 aromatic heterocycles. The first-order valence-electron chi connectivity index (χ1n) is 9.93. The maximum absolute atomic E-state index is 13.1. The number of furan rings is 1. The number of benzene rings is 2. The van der Waals surface area contributed by atoms with E-state index in [0.29, 0.717) is 13.1 Å². The number of nitrogens with zero attached hydrogens (tertiary/aromatic N) is 1.